The maximum Gasteiger partial charge on any atom is 0.292 e. The normalized spacial score (nSPS) is 18.3. The second-order valence-corrected chi connectivity index (χ2v) is 11.1. The van der Waals surface area contributed by atoms with E-state index in [1.54, 1.807) is 61.5 Å². The number of nitrogens with one attached hydrogen (secondary N) is 1. The Bertz CT molecular complexity index is 1350. The monoisotopic (exact) mass is 564 g/mol. The highest BCUT2D eigenvalue weighted by Crippen LogP contribution is 2.38. The molecule has 210 valence electrons. The Morgan fingerprint density at radius 3 is 2.17 bits per heavy atom. The number of hydrogen-bond donors (Lipinski definition) is 2. The number of amides is 1. The van der Waals surface area contributed by atoms with Gasteiger partial charge in [-0.2, -0.15) is 0 Å². The summed E-state index contributed by atoms with van der Waals surface area (Å²) in [4.78, 5) is 28.0. The number of nitrogens with zero attached hydrogens (tertiary/aromatic N) is 1. The average Bonchev–Trinajstić information content (AvgIpc) is 3.69. The minimum absolute atomic E-state index is 0.148. The number of carbonyl (C=O) groups is 2. The van der Waals surface area contributed by atoms with Gasteiger partial charge in [0.25, 0.3) is 5.91 Å². The van der Waals surface area contributed by atoms with Crippen LogP contribution >= 0.6 is 11.6 Å². The van der Waals surface area contributed by atoms with E-state index in [1.165, 1.54) is 12.1 Å². The Morgan fingerprint density at radius 2 is 1.57 bits per heavy atom. The highest BCUT2D eigenvalue weighted by molar-refractivity contribution is 6.42. The fourth-order valence-corrected chi connectivity index (χ4v) is 5.95. The Hall–Kier alpha value is -3.26. The van der Waals surface area contributed by atoms with Crippen LogP contribution in [0.2, 0.25) is 5.02 Å². The molecule has 0 radical (unpaired) electrons. The topological polar surface area (TPSA) is 78.9 Å². The number of likely N-dealkylation sites (tertiary alicyclic amines) is 1. The molecule has 1 aliphatic heterocycles. The van der Waals surface area contributed by atoms with Gasteiger partial charge in [-0.15, -0.1) is 0 Å². The lowest BCUT2D eigenvalue weighted by atomic mass is 9.93. The van der Waals surface area contributed by atoms with Gasteiger partial charge < -0.3 is 15.2 Å². The van der Waals surface area contributed by atoms with Crippen LogP contribution in [0.5, 0.6) is 5.75 Å². The van der Waals surface area contributed by atoms with Crippen molar-refractivity contribution in [2.45, 2.75) is 63.3 Å². The number of carbonyl (C=O) groups excluding carboxylic acids is 2. The second kappa shape index (κ2) is 12.1. The molecule has 0 unspecified atom stereocenters. The Balaban J connectivity index is 1.32. The fraction of sp³-hybridized carbons (Fsp3) is 0.375. The molecular weight excluding hydrogens is 531 g/mol. The van der Waals surface area contributed by atoms with Crippen LogP contribution in [0.4, 0.5) is 4.39 Å². The SMILES string of the molecule is C[C@@H](NC(=O)C(=O)c1ccc(-c2ccc(F)cc2)cc1)[C@](O)(c1ccc(OC2CCCC2)c(Cl)c1)N1CCCC1. The number of Topliss-reactive ketones (excluding diaryl/α,β-unsaturated/α-hetero) is 1. The summed E-state index contributed by atoms with van der Waals surface area (Å²) in [7, 11) is 0. The zero-order valence-electron chi connectivity index (χ0n) is 22.5. The molecule has 40 heavy (non-hydrogen) atoms. The first-order valence-electron chi connectivity index (χ1n) is 13.9. The van der Waals surface area contributed by atoms with Gasteiger partial charge in [-0.1, -0.05) is 54.1 Å². The van der Waals surface area contributed by atoms with E-state index in [-0.39, 0.29) is 17.5 Å². The van der Waals surface area contributed by atoms with Gasteiger partial charge in [0.1, 0.15) is 11.6 Å². The summed E-state index contributed by atoms with van der Waals surface area (Å²) in [6.07, 6.45) is 6.27. The number of benzene rings is 3. The highest BCUT2D eigenvalue weighted by atomic mass is 35.5. The van der Waals surface area contributed by atoms with Crippen molar-refractivity contribution in [2.75, 3.05) is 13.1 Å². The van der Waals surface area contributed by atoms with Crippen molar-refractivity contribution >= 4 is 23.3 Å². The molecule has 3 aromatic carbocycles. The zero-order valence-corrected chi connectivity index (χ0v) is 23.3. The number of ketones is 1. The molecule has 1 amide bonds. The van der Waals surface area contributed by atoms with E-state index < -0.39 is 23.5 Å². The quantitative estimate of drug-likeness (QED) is 0.243. The molecule has 0 spiro atoms. The predicted molar refractivity (Wildman–Crippen MR) is 153 cm³/mol. The predicted octanol–water partition coefficient (Wildman–Crippen LogP) is 6.10. The maximum absolute atomic E-state index is 13.2. The third kappa shape index (κ3) is 5.92. The molecule has 2 N–H and O–H groups in total. The van der Waals surface area contributed by atoms with Gasteiger partial charge in [-0.3, -0.25) is 14.5 Å². The zero-order chi connectivity index (χ0) is 28.3. The van der Waals surface area contributed by atoms with Crippen molar-refractivity contribution in [2.24, 2.45) is 0 Å². The molecule has 0 aromatic heterocycles. The lowest BCUT2D eigenvalue weighted by Gasteiger charge is -2.42. The minimum atomic E-state index is -1.57. The van der Waals surface area contributed by atoms with Gasteiger partial charge in [0.2, 0.25) is 5.78 Å². The lowest BCUT2D eigenvalue weighted by Crippen LogP contribution is -2.59. The molecule has 8 heteroatoms. The van der Waals surface area contributed by atoms with Crippen molar-refractivity contribution in [3.05, 3.63) is 88.7 Å². The smallest absolute Gasteiger partial charge is 0.292 e. The molecule has 6 nitrogen and oxygen atoms in total. The van der Waals surface area contributed by atoms with Gasteiger partial charge in [0.05, 0.1) is 17.2 Å². The van der Waals surface area contributed by atoms with Gasteiger partial charge in [-0.05, 0) is 80.8 Å². The first-order valence-corrected chi connectivity index (χ1v) is 14.3. The van der Waals surface area contributed by atoms with E-state index in [0.717, 1.165) is 49.7 Å². The maximum atomic E-state index is 13.2. The molecule has 0 bridgehead atoms. The van der Waals surface area contributed by atoms with E-state index in [2.05, 4.69) is 5.32 Å². The van der Waals surface area contributed by atoms with Crippen molar-refractivity contribution in [1.29, 1.82) is 0 Å². The van der Waals surface area contributed by atoms with E-state index in [1.807, 2.05) is 4.90 Å². The van der Waals surface area contributed by atoms with Gasteiger partial charge in [0.15, 0.2) is 5.72 Å². The number of halogens is 2. The summed E-state index contributed by atoms with van der Waals surface area (Å²) in [5.41, 5.74) is 0.770. The lowest BCUT2D eigenvalue weighted by molar-refractivity contribution is -0.139. The summed E-state index contributed by atoms with van der Waals surface area (Å²) >= 11 is 6.61. The summed E-state index contributed by atoms with van der Waals surface area (Å²) in [5, 5.41) is 15.3. The van der Waals surface area contributed by atoms with Crippen molar-refractivity contribution in [3.63, 3.8) is 0 Å². The fourth-order valence-electron chi connectivity index (χ4n) is 5.73. The third-order valence-corrected chi connectivity index (χ3v) is 8.32. The Labute approximate surface area is 239 Å². The summed E-state index contributed by atoms with van der Waals surface area (Å²) in [6.45, 7) is 2.98. The average molecular weight is 565 g/mol. The summed E-state index contributed by atoms with van der Waals surface area (Å²) < 4.78 is 19.3. The molecule has 1 saturated heterocycles. The van der Waals surface area contributed by atoms with Crippen LogP contribution in [0.3, 0.4) is 0 Å². The summed E-state index contributed by atoms with van der Waals surface area (Å²) in [6, 6.07) is 17.1. The van der Waals surface area contributed by atoms with Crippen LogP contribution in [-0.4, -0.2) is 46.9 Å². The van der Waals surface area contributed by atoms with Gasteiger partial charge >= 0.3 is 0 Å². The number of hydrogen-bond acceptors (Lipinski definition) is 5. The number of rotatable bonds is 9. The molecule has 2 fully saturated rings. The molecular formula is C32H34ClFN2O4. The second-order valence-electron chi connectivity index (χ2n) is 10.7. The van der Waals surface area contributed by atoms with Gasteiger partial charge in [0, 0.05) is 24.2 Å². The first kappa shape index (κ1) is 28.3. The molecule has 2 aliphatic rings. The van der Waals surface area contributed by atoms with E-state index in [9.17, 15) is 19.1 Å². The molecule has 5 rings (SSSR count). The van der Waals surface area contributed by atoms with Crippen molar-refractivity contribution < 1.29 is 23.8 Å². The van der Waals surface area contributed by atoms with Crippen LogP contribution in [0.1, 0.15) is 61.4 Å². The largest absolute Gasteiger partial charge is 0.489 e. The van der Waals surface area contributed by atoms with Crippen LogP contribution in [0.25, 0.3) is 11.1 Å². The highest BCUT2D eigenvalue weighted by Gasteiger charge is 2.44. The molecule has 1 aliphatic carbocycles. The molecule has 3 aromatic rings. The van der Waals surface area contributed by atoms with Crippen LogP contribution < -0.4 is 10.1 Å². The minimum Gasteiger partial charge on any atom is -0.489 e. The molecule has 2 atom stereocenters. The van der Waals surface area contributed by atoms with Gasteiger partial charge in [-0.25, -0.2) is 4.39 Å². The van der Waals surface area contributed by atoms with E-state index >= 15 is 0 Å². The van der Waals surface area contributed by atoms with Crippen molar-refractivity contribution in [3.8, 4) is 16.9 Å². The van der Waals surface area contributed by atoms with E-state index in [4.69, 9.17) is 16.3 Å². The summed E-state index contributed by atoms with van der Waals surface area (Å²) in [5.74, 6) is -1.27. The molecule has 1 heterocycles. The van der Waals surface area contributed by atoms with Crippen LogP contribution in [-0.2, 0) is 10.5 Å². The number of ether oxygens (including phenoxy) is 1. The van der Waals surface area contributed by atoms with Crippen LogP contribution in [0.15, 0.2) is 66.7 Å². The van der Waals surface area contributed by atoms with Crippen LogP contribution in [0, 0.1) is 5.82 Å². The van der Waals surface area contributed by atoms with E-state index in [0.29, 0.717) is 29.4 Å². The molecule has 1 saturated carbocycles. The number of aliphatic hydroxyl groups is 1. The first-order chi connectivity index (χ1) is 19.3. The third-order valence-electron chi connectivity index (χ3n) is 8.02. The standard InChI is InChI=1S/C32H34ClFN2O4/c1-21(35-31(38)30(37)24-10-8-22(9-11-24)23-12-15-26(34)16-13-23)32(39,36-18-4-5-19-36)25-14-17-29(28(33)20-25)40-27-6-2-3-7-27/h8-17,20-21,27,39H,2-7,18-19H2,1H3,(H,35,38)/t21-,32+/m1/s1. The Morgan fingerprint density at radius 1 is 0.975 bits per heavy atom. The van der Waals surface area contributed by atoms with Crippen molar-refractivity contribution in [1.82, 2.24) is 10.2 Å². The Kier molecular flexibility index (Phi) is 8.54.